The second-order valence-electron chi connectivity index (χ2n) is 12.7. The molecule has 4 heterocycles. The third kappa shape index (κ3) is 6.20. The monoisotopic (exact) mass is 621 g/mol. The van der Waals surface area contributed by atoms with Crippen LogP contribution in [0.2, 0.25) is 0 Å². The summed E-state index contributed by atoms with van der Waals surface area (Å²) in [6, 6.07) is 14.3. The maximum absolute atomic E-state index is 13.1. The molecule has 0 fully saturated rings. The maximum Gasteiger partial charge on any atom is 0.259 e. The standard InChI is InChI=1S/C22H29N3O2.C15H14N2O2/c1-6-25-20-15(4)24-10-9-18(20)17-8-7-16(11-19(17)21(25)26)27-13-22(5,23)12-14(2)3;1-3-17-14-9(2)16-7-6-12(14)11-5-4-10(18)8-13(11)15(17)19/h7-11,14H,6,12-13,23H2,1-5H3;4-8,16H,3H2,1-2H3/t22-;/m0./s1. The van der Waals surface area contributed by atoms with Gasteiger partial charge in [0.05, 0.1) is 27.5 Å². The minimum Gasteiger partial charge on any atom is -0.492 e. The first-order chi connectivity index (χ1) is 21.9. The number of nitrogens with zero attached hydrogens (tertiary/aromatic N) is 3. The number of ether oxygens (including phenoxy) is 1. The van der Waals surface area contributed by atoms with E-state index in [1.54, 1.807) is 21.4 Å². The van der Waals surface area contributed by atoms with E-state index >= 15 is 0 Å². The van der Waals surface area contributed by atoms with Crippen LogP contribution in [0.15, 0.2) is 75.3 Å². The quantitative estimate of drug-likeness (QED) is 0.205. The molecule has 0 spiro atoms. The van der Waals surface area contributed by atoms with Crippen molar-refractivity contribution in [1.82, 2.24) is 19.1 Å². The van der Waals surface area contributed by atoms with E-state index in [0.29, 0.717) is 42.1 Å². The number of aryl methyl sites for hydroxylation is 4. The molecule has 4 aromatic heterocycles. The van der Waals surface area contributed by atoms with Gasteiger partial charge < -0.3 is 24.6 Å². The number of aromatic amines is 1. The number of pyridine rings is 4. The Morgan fingerprint density at radius 3 is 2.09 bits per heavy atom. The van der Waals surface area contributed by atoms with Crippen molar-refractivity contribution in [2.75, 3.05) is 6.61 Å². The van der Waals surface area contributed by atoms with Crippen LogP contribution in [0.1, 0.15) is 52.4 Å². The Morgan fingerprint density at radius 2 is 1.43 bits per heavy atom. The number of benzene rings is 2. The van der Waals surface area contributed by atoms with Gasteiger partial charge in [-0.05, 0) is 106 Å². The van der Waals surface area contributed by atoms with Crippen molar-refractivity contribution in [1.29, 1.82) is 0 Å². The lowest BCUT2D eigenvalue weighted by molar-refractivity contribution is 0.207. The molecule has 6 rings (SSSR count). The molecule has 0 aliphatic heterocycles. The summed E-state index contributed by atoms with van der Waals surface area (Å²) in [5.41, 5.74) is 9.30. The molecular weight excluding hydrogens is 578 g/mol. The fourth-order valence-corrected chi connectivity index (χ4v) is 6.58. The van der Waals surface area contributed by atoms with Crippen molar-refractivity contribution >= 4 is 43.4 Å². The number of fused-ring (bicyclic) bond motifs is 6. The van der Waals surface area contributed by atoms with Gasteiger partial charge in [-0.1, -0.05) is 13.8 Å². The third-order valence-electron chi connectivity index (χ3n) is 8.40. The second-order valence-corrected chi connectivity index (χ2v) is 12.7. The van der Waals surface area contributed by atoms with Crippen molar-refractivity contribution < 1.29 is 4.74 Å². The van der Waals surface area contributed by atoms with E-state index in [0.717, 1.165) is 50.4 Å². The lowest BCUT2D eigenvalue weighted by atomic mass is 9.93. The first-order valence-corrected chi connectivity index (χ1v) is 15.8. The van der Waals surface area contributed by atoms with Crippen LogP contribution in [0.4, 0.5) is 0 Å². The molecule has 9 heteroatoms. The summed E-state index contributed by atoms with van der Waals surface area (Å²) in [6.07, 6.45) is 4.52. The van der Waals surface area contributed by atoms with Gasteiger partial charge in [0.15, 0.2) is 5.43 Å². The van der Waals surface area contributed by atoms with E-state index in [-0.39, 0.29) is 16.5 Å². The Hall–Kier alpha value is -4.76. The van der Waals surface area contributed by atoms with Gasteiger partial charge in [-0.2, -0.15) is 0 Å². The number of nitrogens with two attached hydrogens (primary N) is 1. The summed E-state index contributed by atoms with van der Waals surface area (Å²) < 4.78 is 9.46. The van der Waals surface area contributed by atoms with Gasteiger partial charge in [0.25, 0.3) is 11.1 Å². The van der Waals surface area contributed by atoms with Crippen LogP contribution in [0.5, 0.6) is 5.75 Å². The summed E-state index contributed by atoms with van der Waals surface area (Å²) in [4.78, 5) is 44.5. The molecule has 46 heavy (non-hydrogen) atoms. The topological polar surface area (TPSA) is 125 Å². The highest BCUT2D eigenvalue weighted by Gasteiger charge is 2.21. The van der Waals surface area contributed by atoms with Crippen LogP contribution in [-0.4, -0.2) is 31.2 Å². The number of aromatic nitrogens is 4. The van der Waals surface area contributed by atoms with Crippen molar-refractivity contribution in [2.45, 2.75) is 73.5 Å². The number of rotatable bonds is 7. The zero-order valence-corrected chi connectivity index (χ0v) is 27.7. The fourth-order valence-electron chi connectivity index (χ4n) is 6.58. The minimum atomic E-state index is -0.404. The first kappa shape index (κ1) is 32.6. The molecule has 1 atom stereocenters. The average Bonchev–Trinajstić information content (AvgIpc) is 3.01. The highest BCUT2D eigenvalue weighted by molar-refractivity contribution is 6.07. The Balaban J connectivity index is 0.000000192. The molecule has 0 amide bonds. The molecule has 2 aromatic carbocycles. The summed E-state index contributed by atoms with van der Waals surface area (Å²) in [5, 5.41) is 4.95. The van der Waals surface area contributed by atoms with E-state index in [1.165, 1.54) is 12.1 Å². The molecule has 6 aromatic rings. The second kappa shape index (κ2) is 12.9. The largest absolute Gasteiger partial charge is 0.492 e. The number of hydrogen-bond acceptors (Lipinski definition) is 6. The molecule has 0 bridgehead atoms. The van der Waals surface area contributed by atoms with Crippen LogP contribution in [0.25, 0.3) is 43.4 Å². The van der Waals surface area contributed by atoms with Crippen LogP contribution < -0.4 is 27.0 Å². The molecule has 0 aliphatic carbocycles. The van der Waals surface area contributed by atoms with Gasteiger partial charge in [-0.3, -0.25) is 19.4 Å². The maximum atomic E-state index is 13.1. The zero-order valence-electron chi connectivity index (χ0n) is 27.7. The molecule has 9 nitrogen and oxygen atoms in total. The van der Waals surface area contributed by atoms with E-state index in [1.807, 2.05) is 71.1 Å². The summed E-state index contributed by atoms with van der Waals surface area (Å²) >= 11 is 0. The molecule has 3 N–H and O–H groups in total. The summed E-state index contributed by atoms with van der Waals surface area (Å²) in [5.74, 6) is 1.17. The highest BCUT2D eigenvalue weighted by atomic mass is 16.5. The van der Waals surface area contributed by atoms with Crippen LogP contribution in [0.3, 0.4) is 0 Å². The van der Waals surface area contributed by atoms with Crippen LogP contribution in [0, 0.1) is 19.8 Å². The Kier molecular flexibility index (Phi) is 9.17. The lowest BCUT2D eigenvalue weighted by Crippen LogP contribution is -2.43. The minimum absolute atomic E-state index is 0.0146. The predicted octanol–water partition coefficient (Wildman–Crippen LogP) is 6.19. The molecule has 0 aliphatic rings. The third-order valence-corrected chi connectivity index (χ3v) is 8.40. The Labute approximate surface area is 267 Å². The van der Waals surface area contributed by atoms with Crippen molar-refractivity contribution in [3.8, 4) is 5.75 Å². The van der Waals surface area contributed by atoms with Crippen LogP contribution >= 0.6 is 0 Å². The SMILES string of the molecule is CCn1c(=O)c2cc(=O)ccc2c2cc[nH]c(C)c21.CCn1c(=O)c2cc(OC[C@@](C)(N)CC(C)C)ccc2c2ccnc(C)c21. The molecule has 0 saturated heterocycles. The lowest BCUT2D eigenvalue weighted by Gasteiger charge is -2.26. The molecule has 0 saturated carbocycles. The van der Waals surface area contributed by atoms with Gasteiger partial charge in [-0.15, -0.1) is 0 Å². The molecule has 0 unspecified atom stereocenters. The zero-order chi connectivity index (χ0) is 33.3. The van der Waals surface area contributed by atoms with Gasteiger partial charge in [0.2, 0.25) is 0 Å². The predicted molar refractivity (Wildman–Crippen MR) is 188 cm³/mol. The van der Waals surface area contributed by atoms with Crippen molar-refractivity contribution in [2.24, 2.45) is 11.7 Å². The first-order valence-electron chi connectivity index (χ1n) is 15.8. The van der Waals surface area contributed by atoms with Crippen LogP contribution in [-0.2, 0) is 13.1 Å². The van der Waals surface area contributed by atoms with Crippen molar-refractivity contribution in [3.05, 3.63) is 103 Å². The Bertz CT molecular complexity index is 2260. The number of hydrogen-bond donors (Lipinski definition) is 2. The summed E-state index contributed by atoms with van der Waals surface area (Å²) in [6.45, 7) is 15.7. The van der Waals surface area contributed by atoms with Gasteiger partial charge in [-0.25, -0.2) is 0 Å². The van der Waals surface area contributed by atoms with E-state index < -0.39 is 5.54 Å². The number of nitrogens with one attached hydrogen (secondary N) is 1. The molecule has 0 radical (unpaired) electrons. The van der Waals surface area contributed by atoms with Gasteiger partial charge >= 0.3 is 0 Å². The average molecular weight is 622 g/mol. The fraction of sp³-hybridized carbons (Fsp3) is 0.351. The van der Waals surface area contributed by atoms with Crippen molar-refractivity contribution in [3.63, 3.8) is 0 Å². The number of H-pyrrole nitrogens is 1. The molecule has 240 valence electrons. The summed E-state index contributed by atoms with van der Waals surface area (Å²) in [7, 11) is 0. The highest BCUT2D eigenvalue weighted by Crippen LogP contribution is 2.28. The molecular formula is C37H43N5O4. The van der Waals surface area contributed by atoms with E-state index in [2.05, 4.69) is 23.8 Å². The van der Waals surface area contributed by atoms with E-state index in [4.69, 9.17) is 10.5 Å². The Morgan fingerprint density at radius 1 is 0.826 bits per heavy atom. The van der Waals surface area contributed by atoms with E-state index in [9.17, 15) is 14.4 Å². The normalized spacial score (nSPS) is 12.9. The van der Waals surface area contributed by atoms with Gasteiger partial charge in [0, 0.05) is 47.5 Å². The van der Waals surface area contributed by atoms with Gasteiger partial charge in [0.1, 0.15) is 12.4 Å². The smallest absolute Gasteiger partial charge is 0.259 e.